The summed E-state index contributed by atoms with van der Waals surface area (Å²) in [5, 5.41) is 2.14. The number of hydrogen-bond donors (Lipinski definition) is 0. The second-order valence-electron chi connectivity index (χ2n) is 7.18. The van der Waals surface area contributed by atoms with Crippen LogP contribution in [0, 0.1) is 19.8 Å². The normalized spacial score (nSPS) is 11.7. The van der Waals surface area contributed by atoms with Gasteiger partial charge >= 0.3 is 0 Å². The van der Waals surface area contributed by atoms with Gasteiger partial charge in [0.15, 0.2) is 0 Å². The summed E-state index contributed by atoms with van der Waals surface area (Å²) in [6.07, 6.45) is 3.02. The van der Waals surface area contributed by atoms with Gasteiger partial charge in [-0.3, -0.25) is 4.98 Å². The first-order valence-corrected chi connectivity index (χ1v) is 8.77. The van der Waals surface area contributed by atoms with Crippen molar-refractivity contribution in [1.29, 1.82) is 0 Å². The number of pyridine rings is 2. The van der Waals surface area contributed by atoms with Crippen LogP contribution in [0.4, 0.5) is 0 Å². The number of fused-ring (bicyclic) bond motifs is 3. The smallest absolute Gasteiger partial charge is 0.227 e. The van der Waals surface area contributed by atoms with E-state index in [1.54, 1.807) is 0 Å². The zero-order chi connectivity index (χ0) is 17.6. The van der Waals surface area contributed by atoms with Gasteiger partial charge in [-0.1, -0.05) is 26.0 Å². The Kier molecular flexibility index (Phi) is 3.79. The van der Waals surface area contributed by atoms with Crippen LogP contribution in [0.15, 0.2) is 47.0 Å². The maximum absolute atomic E-state index is 6.12. The van der Waals surface area contributed by atoms with Crippen molar-refractivity contribution in [1.82, 2.24) is 9.97 Å². The summed E-state index contributed by atoms with van der Waals surface area (Å²) in [6.45, 7) is 8.59. The van der Waals surface area contributed by atoms with Crippen LogP contribution in [0.3, 0.4) is 0 Å². The van der Waals surface area contributed by atoms with Gasteiger partial charge in [0.05, 0.1) is 5.69 Å². The highest BCUT2D eigenvalue weighted by atomic mass is 16.3. The largest absolute Gasteiger partial charge is 0.437 e. The molecule has 4 aromatic rings. The van der Waals surface area contributed by atoms with Gasteiger partial charge in [0.2, 0.25) is 5.71 Å². The highest BCUT2D eigenvalue weighted by Gasteiger charge is 2.14. The quantitative estimate of drug-likeness (QED) is 0.472. The predicted octanol–water partition coefficient (Wildman–Crippen LogP) is 5.86. The molecule has 0 fully saturated rings. The topological polar surface area (TPSA) is 38.9 Å². The number of hydrogen-bond acceptors (Lipinski definition) is 3. The van der Waals surface area contributed by atoms with Crippen LogP contribution in [0.25, 0.3) is 33.3 Å². The number of aromatic nitrogens is 2. The lowest BCUT2D eigenvalue weighted by Crippen LogP contribution is -1.99. The van der Waals surface area contributed by atoms with Crippen LogP contribution in [0.5, 0.6) is 0 Å². The SMILES string of the molecule is Cc1ccc2c(n1)oc1c(-c3cc(CC(C)C)c(C)cn3)cccc12. The van der Waals surface area contributed by atoms with E-state index in [4.69, 9.17) is 4.42 Å². The van der Waals surface area contributed by atoms with Crippen LogP contribution in [0.2, 0.25) is 0 Å². The molecule has 0 spiro atoms. The maximum atomic E-state index is 6.12. The average molecular weight is 330 g/mol. The van der Waals surface area contributed by atoms with Crippen molar-refractivity contribution < 1.29 is 4.42 Å². The fourth-order valence-corrected chi connectivity index (χ4v) is 3.35. The molecule has 4 rings (SSSR count). The van der Waals surface area contributed by atoms with Gasteiger partial charge in [-0.15, -0.1) is 0 Å². The molecular weight excluding hydrogens is 308 g/mol. The molecule has 0 unspecified atom stereocenters. The van der Waals surface area contributed by atoms with Crippen molar-refractivity contribution in [2.75, 3.05) is 0 Å². The number of aryl methyl sites for hydroxylation is 2. The highest BCUT2D eigenvalue weighted by Crippen LogP contribution is 2.35. The van der Waals surface area contributed by atoms with Crippen molar-refractivity contribution in [3.63, 3.8) is 0 Å². The second kappa shape index (κ2) is 5.99. The summed E-state index contributed by atoms with van der Waals surface area (Å²) < 4.78 is 6.12. The minimum absolute atomic E-state index is 0.614. The lowest BCUT2D eigenvalue weighted by atomic mass is 9.97. The van der Waals surface area contributed by atoms with E-state index in [0.29, 0.717) is 11.6 Å². The van der Waals surface area contributed by atoms with Gasteiger partial charge in [-0.05, 0) is 61.6 Å². The zero-order valence-corrected chi connectivity index (χ0v) is 15.1. The first-order chi connectivity index (χ1) is 12.0. The zero-order valence-electron chi connectivity index (χ0n) is 15.1. The van der Waals surface area contributed by atoms with Gasteiger partial charge in [-0.25, -0.2) is 4.98 Å². The van der Waals surface area contributed by atoms with Crippen LogP contribution in [-0.2, 0) is 6.42 Å². The molecule has 25 heavy (non-hydrogen) atoms. The minimum Gasteiger partial charge on any atom is -0.437 e. The second-order valence-corrected chi connectivity index (χ2v) is 7.18. The molecule has 0 aliphatic heterocycles. The van der Waals surface area contributed by atoms with Gasteiger partial charge in [0, 0.05) is 28.2 Å². The number of benzene rings is 1. The molecule has 3 heterocycles. The third-order valence-electron chi connectivity index (χ3n) is 4.62. The van der Waals surface area contributed by atoms with Crippen LogP contribution in [0.1, 0.15) is 30.7 Å². The molecule has 0 N–H and O–H groups in total. The minimum atomic E-state index is 0.614. The van der Waals surface area contributed by atoms with E-state index < -0.39 is 0 Å². The molecule has 0 amide bonds. The molecule has 0 aliphatic carbocycles. The van der Waals surface area contributed by atoms with Gasteiger partial charge in [-0.2, -0.15) is 0 Å². The van der Waals surface area contributed by atoms with E-state index in [2.05, 4.69) is 61.1 Å². The third kappa shape index (κ3) is 2.80. The first kappa shape index (κ1) is 15.8. The van der Waals surface area contributed by atoms with Crippen molar-refractivity contribution in [2.24, 2.45) is 5.92 Å². The van der Waals surface area contributed by atoms with E-state index in [-0.39, 0.29) is 0 Å². The maximum Gasteiger partial charge on any atom is 0.227 e. The highest BCUT2D eigenvalue weighted by molar-refractivity contribution is 6.08. The summed E-state index contributed by atoms with van der Waals surface area (Å²) >= 11 is 0. The van der Waals surface area contributed by atoms with E-state index in [0.717, 1.165) is 39.7 Å². The Morgan fingerprint density at radius 3 is 2.68 bits per heavy atom. The Balaban J connectivity index is 1.93. The molecule has 1 aromatic carbocycles. The fraction of sp³-hybridized carbons (Fsp3) is 0.273. The lowest BCUT2D eigenvalue weighted by Gasteiger charge is -2.10. The fourth-order valence-electron chi connectivity index (χ4n) is 3.35. The van der Waals surface area contributed by atoms with Gasteiger partial charge < -0.3 is 4.42 Å². The predicted molar refractivity (Wildman–Crippen MR) is 103 cm³/mol. The first-order valence-electron chi connectivity index (χ1n) is 8.77. The van der Waals surface area contributed by atoms with E-state index in [1.165, 1.54) is 11.1 Å². The van der Waals surface area contributed by atoms with Gasteiger partial charge in [0.1, 0.15) is 5.58 Å². The molecule has 0 atom stereocenters. The summed E-state index contributed by atoms with van der Waals surface area (Å²) in [5.74, 6) is 0.614. The van der Waals surface area contributed by atoms with Crippen LogP contribution >= 0.6 is 0 Å². The Hall–Kier alpha value is -2.68. The molecule has 0 saturated heterocycles. The summed E-state index contributed by atoms with van der Waals surface area (Å²) in [5.41, 5.74) is 7.09. The van der Waals surface area contributed by atoms with Crippen LogP contribution < -0.4 is 0 Å². The number of para-hydroxylation sites is 1. The number of furan rings is 1. The third-order valence-corrected chi connectivity index (χ3v) is 4.62. The van der Waals surface area contributed by atoms with Crippen molar-refractivity contribution in [3.05, 3.63) is 59.4 Å². The van der Waals surface area contributed by atoms with E-state index in [1.807, 2.05) is 19.2 Å². The van der Waals surface area contributed by atoms with Crippen molar-refractivity contribution >= 4 is 22.1 Å². The lowest BCUT2D eigenvalue weighted by molar-refractivity contribution is 0.644. The molecule has 0 saturated carbocycles. The summed E-state index contributed by atoms with van der Waals surface area (Å²) in [4.78, 5) is 9.21. The molecule has 3 nitrogen and oxygen atoms in total. The Labute approximate surface area is 147 Å². The molecule has 0 aliphatic rings. The molecule has 0 bridgehead atoms. The van der Waals surface area contributed by atoms with Crippen molar-refractivity contribution in [3.8, 4) is 11.3 Å². The summed E-state index contributed by atoms with van der Waals surface area (Å²) in [7, 11) is 0. The molecule has 3 heteroatoms. The Bertz CT molecular complexity index is 1080. The molecule has 126 valence electrons. The monoisotopic (exact) mass is 330 g/mol. The van der Waals surface area contributed by atoms with E-state index >= 15 is 0 Å². The van der Waals surface area contributed by atoms with Crippen LogP contribution in [-0.4, -0.2) is 9.97 Å². The summed E-state index contributed by atoms with van der Waals surface area (Å²) in [6, 6.07) is 12.5. The van der Waals surface area contributed by atoms with E-state index in [9.17, 15) is 0 Å². The van der Waals surface area contributed by atoms with Crippen molar-refractivity contribution in [2.45, 2.75) is 34.1 Å². The van der Waals surface area contributed by atoms with Gasteiger partial charge in [0.25, 0.3) is 0 Å². The number of nitrogens with zero attached hydrogens (tertiary/aromatic N) is 2. The molecular formula is C22H22N2O. The molecule has 0 radical (unpaired) electrons. The average Bonchev–Trinajstić information content (AvgIpc) is 2.94. The Morgan fingerprint density at radius 2 is 1.88 bits per heavy atom. The Morgan fingerprint density at radius 1 is 1.04 bits per heavy atom. The standard InChI is InChI=1S/C22H22N2O/c1-13(2)10-16-11-20(23-12-14(16)3)19-7-5-6-17-18-9-8-15(4)24-22(18)25-21(17)19/h5-9,11-13H,10H2,1-4H3. The molecule has 3 aromatic heterocycles. The number of rotatable bonds is 3.